The van der Waals surface area contributed by atoms with Gasteiger partial charge in [0.25, 0.3) is 11.6 Å². The maximum atomic E-state index is 12.5. The molecule has 31 heavy (non-hydrogen) atoms. The summed E-state index contributed by atoms with van der Waals surface area (Å²) in [4.78, 5) is 22.9. The molecule has 0 saturated heterocycles. The molecule has 0 bridgehead atoms. The molecule has 1 heterocycles. The number of carbonyl (C=O) groups is 1. The Morgan fingerprint density at radius 3 is 2.55 bits per heavy atom. The first kappa shape index (κ1) is 21.8. The fourth-order valence-electron chi connectivity index (χ4n) is 3.10. The van der Waals surface area contributed by atoms with Gasteiger partial charge in [-0.1, -0.05) is 6.07 Å². The van der Waals surface area contributed by atoms with Crippen molar-refractivity contribution in [3.8, 4) is 11.5 Å². The van der Waals surface area contributed by atoms with Crippen LogP contribution in [0.3, 0.4) is 0 Å². The molecule has 0 unspecified atom stereocenters. The molecule has 0 spiro atoms. The van der Waals surface area contributed by atoms with Gasteiger partial charge in [-0.05, 0) is 50.6 Å². The number of aryl methyl sites for hydroxylation is 1. The van der Waals surface area contributed by atoms with Gasteiger partial charge in [0.2, 0.25) is 0 Å². The Morgan fingerprint density at radius 2 is 1.87 bits per heavy atom. The highest BCUT2D eigenvalue weighted by atomic mass is 16.6. The summed E-state index contributed by atoms with van der Waals surface area (Å²) in [5.41, 5.74) is 2.24. The van der Waals surface area contributed by atoms with Crippen LogP contribution in [-0.2, 0) is 6.54 Å². The van der Waals surface area contributed by atoms with Gasteiger partial charge in [-0.15, -0.1) is 0 Å². The second-order valence-electron chi connectivity index (χ2n) is 6.79. The quantitative estimate of drug-likeness (QED) is 0.407. The number of hydrogen-bond donors (Lipinski definition) is 1. The Hall–Kier alpha value is -3.88. The van der Waals surface area contributed by atoms with Crippen molar-refractivity contribution in [1.82, 2.24) is 9.78 Å². The van der Waals surface area contributed by atoms with Gasteiger partial charge < -0.3 is 14.8 Å². The summed E-state index contributed by atoms with van der Waals surface area (Å²) in [6, 6.07) is 9.97. The van der Waals surface area contributed by atoms with Gasteiger partial charge >= 0.3 is 0 Å². The maximum Gasteiger partial charge on any atom is 0.272 e. The third kappa shape index (κ3) is 5.39. The second-order valence-corrected chi connectivity index (χ2v) is 6.79. The second kappa shape index (κ2) is 9.75. The first-order valence-electron chi connectivity index (χ1n) is 9.88. The highest BCUT2D eigenvalue weighted by molar-refractivity contribution is 6.04. The minimum Gasteiger partial charge on any atom is -0.490 e. The fraction of sp³-hybridized carbons (Fsp3) is 0.273. The predicted octanol–water partition coefficient (Wildman–Crippen LogP) is 4.20. The van der Waals surface area contributed by atoms with Crippen LogP contribution in [-0.4, -0.2) is 33.8 Å². The molecule has 3 rings (SSSR count). The van der Waals surface area contributed by atoms with E-state index in [1.165, 1.54) is 18.2 Å². The molecule has 0 saturated carbocycles. The molecule has 0 aliphatic rings. The van der Waals surface area contributed by atoms with Crippen molar-refractivity contribution in [3.05, 3.63) is 75.6 Å². The number of carbonyl (C=O) groups excluding carboxylic acids is 1. The highest BCUT2D eigenvalue weighted by Crippen LogP contribution is 2.29. The third-order valence-electron chi connectivity index (χ3n) is 4.50. The Kier molecular flexibility index (Phi) is 6.86. The van der Waals surface area contributed by atoms with Crippen LogP contribution in [0.25, 0.3) is 0 Å². The zero-order chi connectivity index (χ0) is 22.4. The van der Waals surface area contributed by atoms with Crippen molar-refractivity contribution in [2.45, 2.75) is 27.3 Å². The summed E-state index contributed by atoms with van der Waals surface area (Å²) in [6.45, 7) is 7.00. The van der Waals surface area contributed by atoms with Gasteiger partial charge in [0.1, 0.15) is 0 Å². The van der Waals surface area contributed by atoms with E-state index in [2.05, 4.69) is 10.4 Å². The lowest BCUT2D eigenvalue weighted by Gasteiger charge is -2.12. The summed E-state index contributed by atoms with van der Waals surface area (Å²) in [5.74, 6) is 1.01. The molecule has 0 atom stereocenters. The normalized spacial score (nSPS) is 10.5. The van der Waals surface area contributed by atoms with Gasteiger partial charge in [0, 0.05) is 23.4 Å². The monoisotopic (exact) mass is 424 g/mol. The molecule has 3 aromatic rings. The Bertz CT molecular complexity index is 1090. The maximum absolute atomic E-state index is 12.5. The van der Waals surface area contributed by atoms with Gasteiger partial charge in [-0.2, -0.15) is 5.10 Å². The molecule has 0 aliphatic heterocycles. The van der Waals surface area contributed by atoms with Crippen LogP contribution in [0, 0.1) is 17.0 Å². The van der Waals surface area contributed by atoms with Crippen LogP contribution in [0.15, 0.2) is 48.8 Å². The number of ether oxygens (including phenoxy) is 2. The highest BCUT2D eigenvalue weighted by Gasteiger charge is 2.14. The van der Waals surface area contributed by atoms with E-state index in [4.69, 9.17) is 9.47 Å². The van der Waals surface area contributed by atoms with Crippen LogP contribution < -0.4 is 14.8 Å². The van der Waals surface area contributed by atoms with Crippen LogP contribution in [0.2, 0.25) is 0 Å². The standard InChI is InChI=1S/C22H24N4O5/c1-4-30-20-9-6-16(11-21(20)31-5-2)13-25-14-18(12-23-25)24-22(27)17-7-8-19(26(28)29)15(3)10-17/h6-12,14H,4-5,13H2,1-3H3,(H,24,27). The molecule has 0 fully saturated rings. The van der Waals surface area contributed by atoms with E-state index < -0.39 is 4.92 Å². The molecule has 1 aromatic heterocycles. The zero-order valence-corrected chi connectivity index (χ0v) is 17.6. The summed E-state index contributed by atoms with van der Waals surface area (Å²) in [7, 11) is 0. The summed E-state index contributed by atoms with van der Waals surface area (Å²) in [6.07, 6.45) is 3.26. The average molecular weight is 424 g/mol. The topological polar surface area (TPSA) is 109 Å². The lowest BCUT2D eigenvalue weighted by atomic mass is 10.1. The number of benzene rings is 2. The zero-order valence-electron chi connectivity index (χ0n) is 17.6. The molecule has 0 aliphatic carbocycles. The fourth-order valence-corrected chi connectivity index (χ4v) is 3.10. The summed E-state index contributed by atoms with van der Waals surface area (Å²) >= 11 is 0. The number of nitrogens with zero attached hydrogens (tertiary/aromatic N) is 3. The number of rotatable bonds is 9. The number of nitro groups is 1. The van der Waals surface area contributed by atoms with Crippen molar-refractivity contribution in [1.29, 1.82) is 0 Å². The van der Waals surface area contributed by atoms with E-state index in [1.807, 2.05) is 32.0 Å². The number of anilines is 1. The van der Waals surface area contributed by atoms with Gasteiger partial charge in [-0.3, -0.25) is 19.6 Å². The van der Waals surface area contributed by atoms with Crippen LogP contribution >= 0.6 is 0 Å². The summed E-state index contributed by atoms with van der Waals surface area (Å²) in [5, 5.41) is 18.0. The average Bonchev–Trinajstić information content (AvgIpc) is 3.16. The Balaban J connectivity index is 1.69. The van der Waals surface area contributed by atoms with Crippen molar-refractivity contribution in [2.24, 2.45) is 0 Å². The Morgan fingerprint density at radius 1 is 1.13 bits per heavy atom. The van der Waals surface area contributed by atoms with Crippen molar-refractivity contribution < 1.29 is 19.2 Å². The minimum absolute atomic E-state index is 0.0221. The first-order chi connectivity index (χ1) is 14.9. The molecular weight excluding hydrogens is 400 g/mol. The van der Waals surface area contributed by atoms with Gasteiger partial charge in [0.15, 0.2) is 11.5 Å². The van der Waals surface area contributed by atoms with Crippen molar-refractivity contribution in [2.75, 3.05) is 18.5 Å². The lowest BCUT2D eigenvalue weighted by molar-refractivity contribution is -0.385. The summed E-state index contributed by atoms with van der Waals surface area (Å²) < 4.78 is 12.9. The molecule has 1 N–H and O–H groups in total. The number of nitro benzene ring substituents is 1. The van der Waals surface area contributed by atoms with E-state index in [0.29, 0.717) is 48.1 Å². The largest absolute Gasteiger partial charge is 0.490 e. The van der Waals surface area contributed by atoms with E-state index in [9.17, 15) is 14.9 Å². The van der Waals surface area contributed by atoms with E-state index >= 15 is 0 Å². The number of aromatic nitrogens is 2. The van der Waals surface area contributed by atoms with E-state index in [1.54, 1.807) is 24.0 Å². The first-order valence-corrected chi connectivity index (χ1v) is 9.88. The minimum atomic E-state index is -0.473. The van der Waals surface area contributed by atoms with Gasteiger partial charge in [-0.25, -0.2) is 0 Å². The molecule has 9 heteroatoms. The third-order valence-corrected chi connectivity index (χ3v) is 4.50. The van der Waals surface area contributed by atoms with E-state index in [-0.39, 0.29) is 11.6 Å². The number of nitrogens with one attached hydrogen (secondary N) is 1. The molecule has 0 radical (unpaired) electrons. The molecular formula is C22H24N4O5. The van der Waals surface area contributed by atoms with E-state index in [0.717, 1.165) is 5.56 Å². The molecule has 9 nitrogen and oxygen atoms in total. The van der Waals surface area contributed by atoms with Crippen molar-refractivity contribution in [3.63, 3.8) is 0 Å². The molecule has 2 aromatic carbocycles. The SMILES string of the molecule is CCOc1ccc(Cn2cc(NC(=O)c3ccc([N+](=O)[O-])c(C)c3)cn2)cc1OCC. The predicted molar refractivity (Wildman–Crippen MR) is 116 cm³/mol. The van der Waals surface area contributed by atoms with Crippen LogP contribution in [0.5, 0.6) is 11.5 Å². The Labute approximate surface area is 179 Å². The smallest absolute Gasteiger partial charge is 0.272 e. The van der Waals surface area contributed by atoms with Gasteiger partial charge in [0.05, 0.1) is 36.6 Å². The number of hydrogen-bond acceptors (Lipinski definition) is 6. The van der Waals surface area contributed by atoms with Crippen LogP contribution in [0.4, 0.5) is 11.4 Å². The molecule has 162 valence electrons. The van der Waals surface area contributed by atoms with Crippen LogP contribution in [0.1, 0.15) is 35.3 Å². The van der Waals surface area contributed by atoms with Crippen molar-refractivity contribution >= 4 is 17.3 Å². The number of amides is 1. The molecule has 1 amide bonds. The lowest BCUT2D eigenvalue weighted by Crippen LogP contribution is -2.12.